The van der Waals surface area contributed by atoms with Crippen molar-refractivity contribution in [2.24, 2.45) is 11.7 Å². The van der Waals surface area contributed by atoms with Gasteiger partial charge in [0.05, 0.1) is 5.84 Å². The van der Waals surface area contributed by atoms with Crippen molar-refractivity contribution in [3.05, 3.63) is 0 Å². The molecule has 1 aliphatic carbocycles. The van der Waals surface area contributed by atoms with E-state index in [2.05, 4.69) is 25.7 Å². The summed E-state index contributed by atoms with van der Waals surface area (Å²) in [5.74, 6) is 1.27. The van der Waals surface area contributed by atoms with Crippen LogP contribution >= 0.6 is 0 Å². The second-order valence-corrected chi connectivity index (χ2v) is 5.69. The summed E-state index contributed by atoms with van der Waals surface area (Å²) in [7, 11) is 0. The third kappa shape index (κ3) is 4.66. The molecule has 0 heterocycles. The maximum Gasteiger partial charge on any atom is 0.0918 e. The third-order valence-electron chi connectivity index (χ3n) is 4.17. The fourth-order valence-corrected chi connectivity index (χ4v) is 3.00. The van der Waals surface area contributed by atoms with Crippen LogP contribution in [-0.2, 0) is 0 Å². The van der Waals surface area contributed by atoms with Crippen LogP contribution in [0.3, 0.4) is 0 Å². The van der Waals surface area contributed by atoms with Crippen LogP contribution in [0.15, 0.2) is 0 Å². The predicted molar refractivity (Wildman–Crippen MR) is 74.4 cm³/mol. The van der Waals surface area contributed by atoms with Gasteiger partial charge in [0.1, 0.15) is 0 Å². The summed E-state index contributed by atoms with van der Waals surface area (Å²) in [4.78, 5) is 2.55. The first-order chi connectivity index (χ1) is 8.04. The number of rotatable bonds is 6. The average molecular weight is 239 g/mol. The van der Waals surface area contributed by atoms with Crippen molar-refractivity contribution in [2.75, 3.05) is 6.54 Å². The van der Waals surface area contributed by atoms with E-state index in [4.69, 9.17) is 11.1 Å². The Morgan fingerprint density at radius 2 is 1.88 bits per heavy atom. The highest BCUT2D eigenvalue weighted by Crippen LogP contribution is 2.30. The fourth-order valence-electron chi connectivity index (χ4n) is 3.00. The van der Waals surface area contributed by atoms with Crippen LogP contribution in [0, 0.1) is 11.3 Å². The van der Waals surface area contributed by atoms with Crippen molar-refractivity contribution < 1.29 is 0 Å². The van der Waals surface area contributed by atoms with E-state index in [-0.39, 0.29) is 0 Å². The van der Waals surface area contributed by atoms with Gasteiger partial charge in [-0.15, -0.1) is 0 Å². The molecule has 0 aromatic rings. The number of amidine groups is 1. The van der Waals surface area contributed by atoms with E-state index in [1.54, 1.807) is 0 Å². The van der Waals surface area contributed by atoms with Crippen molar-refractivity contribution in [3.8, 4) is 0 Å². The highest BCUT2D eigenvalue weighted by Gasteiger charge is 2.26. The molecule has 0 aromatic carbocycles. The summed E-state index contributed by atoms with van der Waals surface area (Å²) in [6, 6.07) is 1.29. The van der Waals surface area contributed by atoms with Crippen LogP contribution in [0.25, 0.3) is 0 Å². The molecular formula is C14H29N3. The topological polar surface area (TPSA) is 53.1 Å². The molecule has 3 N–H and O–H groups in total. The molecule has 0 unspecified atom stereocenters. The summed E-state index contributed by atoms with van der Waals surface area (Å²) in [6.45, 7) is 7.77. The molecule has 100 valence electrons. The molecule has 0 aliphatic heterocycles. The predicted octanol–water partition coefficient (Wildman–Crippen LogP) is 2.99. The molecule has 1 rings (SSSR count). The maximum atomic E-state index is 7.36. The van der Waals surface area contributed by atoms with E-state index in [9.17, 15) is 0 Å². The van der Waals surface area contributed by atoms with Gasteiger partial charge < -0.3 is 5.73 Å². The lowest BCUT2D eigenvalue weighted by Gasteiger charge is -2.39. The third-order valence-corrected chi connectivity index (χ3v) is 4.17. The summed E-state index contributed by atoms with van der Waals surface area (Å²) in [5, 5.41) is 7.36. The van der Waals surface area contributed by atoms with Gasteiger partial charge >= 0.3 is 0 Å². The minimum atomic E-state index is 0.317. The Labute approximate surface area is 106 Å². The van der Waals surface area contributed by atoms with Gasteiger partial charge in [0, 0.05) is 25.0 Å². The molecule has 0 atom stereocenters. The maximum absolute atomic E-state index is 7.36. The first-order valence-electron chi connectivity index (χ1n) is 7.13. The van der Waals surface area contributed by atoms with Gasteiger partial charge in [-0.2, -0.15) is 0 Å². The summed E-state index contributed by atoms with van der Waals surface area (Å²) in [5.41, 5.74) is 5.47. The Kier molecular flexibility index (Phi) is 5.96. The second-order valence-electron chi connectivity index (χ2n) is 5.69. The number of hydrogen-bond acceptors (Lipinski definition) is 2. The molecule has 0 spiro atoms. The zero-order valence-corrected chi connectivity index (χ0v) is 11.7. The number of nitrogens with one attached hydrogen (secondary N) is 1. The van der Waals surface area contributed by atoms with Gasteiger partial charge in [0.2, 0.25) is 0 Å². The molecule has 0 saturated heterocycles. The molecule has 1 aliphatic rings. The van der Waals surface area contributed by atoms with Gasteiger partial charge in [-0.1, -0.05) is 13.3 Å². The molecule has 0 bridgehead atoms. The lowest BCUT2D eigenvalue weighted by Crippen LogP contribution is -2.43. The lowest BCUT2D eigenvalue weighted by molar-refractivity contribution is 0.107. The van der Waals surface area contributed by atoms with Crippen molar-refractivity contribution in [1.29, 1.82) is 5.41 Å². The van der Waals surface area contributed by atoms with E-state index < -0.39 is 0 Å². The number of hydrogen-bond donors (Lipinski definition) is 2. The van der Waals surface area contributed by atoms with Crippen molar-refractivity contribution in [1.82, 2.24) is 4.90 Å². The van der Waals surface area contributed by atoms with Crippen LogP contribution in [0.2, 0.25) is 0 Å². The standard InChI is InChI=1S/C14H29N3/c1-4-12-5-7-13(8-6-12)17(11(2)3)10-9-14(15)16/h11-13H,4-10H2,1-3H3,(H3,15,16). The first-order valence-corrected chi connectivity index (χ1v) is 7.13. The summed E-state index contributed by atoms with van der Waals surface area (Å²) < 4.78 is 0. The quantitative estimate of drug-likeness (QED) is 0.553. The molecule has 1 saturated carbocycles. The molecule has 1 fully saturated rings. The van der Waals surface area contributed by atoms with Gasteiger partial charge in [0.25, 0.3) is 0 Å². The van der Waals surface area contributed by atoms with Gasteiger partial charge in [0.15, 0.2) is 0 Å². The van der Waals surface area contributed by atoms with Crippen LogP contribution in [0.5, 0.6) is 0 Å². The van der Waals surface area contributed by atoms with Crippen LogP contribution in [0.1, 0.15) is 59.3 Å². The normalized spacial score (nSPS) is 25.5. The van der Waals surface area contributed by atoms with Gasteiger partial charge in [-0.3, -0.25) is 10.3 Å². The molecule has 3 nitrogen and oxygen atoms in total. The SMILES string of the molecule is CCC1CCC(N(CCC(=N)N)C(C)C)CC1. The highest BCUT2D eigenvalue weighted by molar-refractivity contribution is 5.76. The van der Waals surface area contributed by atoms with Gasteiger partial charge in [-0.25, -0.2) is 0 Å². The lowest BCUT2D eigenvalue weighted by atomic mass is 9.83. The largest absolute Gasteiger partial charge is 0.388 e. The summed E-state index contributed by atoms with van der Waals surface area (Å²) in [6.07, 6.45) is 7.46. The van der Waals surface area contributed by atoms with E-state index >= 15 is 0 Å². The zero-order chi connectivity index (χ0) is 12.8. The van der Waals surface area contributed by atoms with Crippen molar-refractivity contribution in [3.63, 3.8) is 0 Å². The van der Waals surface area contributed by atoms with Crippen molar-refractivity contribution in [2.45, 2.75) is 71.4 Å². The van der Waals surface area contributed by atoms with E-state index in [1.165, 1.54) is 32.1 Å². The molecule has 0 radical (unpaired) electrons. The monoisotopic (exact) mass is 239 g/mol. The minimum absolute atomic E-state index is 0.317. The van der Waals surface area contributed by atoms with Crippen LogP contribution in [-0.4, -0.2) is 29.4 Å². The minimum Gasteiger partial charge on any atom is -0.388 e. The van der Waals surface area contributed by atoms with Crippen LogP contribution in [0.4, 0.5) is 0 Å². The molecular weight excluding hydrogens is 210 g/mol. The van der Waals surface area contributed by atoms with E-state index in [0.29, 0.717) is 18.3 Å². The Balaban J connectivity index is 2.45. The van der Waals surface area contributed by atoms with Crippen LogP contribution < -0.4 is 5.73 Å². The molecule has 0 amide bonds. The second kappa shape index (κ2) is 7.00. The van der Waals surface area contributed by atoms with Gasteiger partial charge in [-0.05, 0) is 45.4 Å². The first kappa shape index (κ1) is 14.5. The Bertz CT molecular complexity index is 230. The Morgan fingerprint density at radius 1 is 1.29 bits per heavy atom. The zero-order valence-electron chi connectivity index (χ0n) is 11.7. The molecule has 3 heteroatoms. The fraction of sp³-hybridized carbons (Fsp3) is 0.929. The molecule has 0 aromatic heterocycles. The van der Waals surface area contributed by atoms with Crippen molar-refractivity contribution >= 4 is 5.84 Å². The average Bonchev–Trinajstić information content (AvgIpc) is 2.29. The summed E-state index contributed by atoms with van der Waals surface area (Å²) >= 11 is 0. The molecule has 17 heavy (non-hydrogen) atoms. The van der Waals surface area contributed by atoms with E-state index in [1.807, 2.05) is 0 Å². The Morgan fingerprint density at radius 3 is 2.29 bits per heavy atom. The smallest absolute Gasteiger partial charge is 0.0918 e. The highest BCUT2D eigenvalue weighted by atomic mass is 15.2. The van der Waals surface area contributed by atoms with E-state index in [0.717, 1.165) is 18.5 Å². The number of nitrogens with zero attached hydrogens (tertiary/aromatic N) is 1. The number of nitrogens with two attached hydrogens (primary N) is 1. The Hall–Kier alpha value is -0.570.